The summed E-state index contributed by atoms with van der Waals surface area (Å²) in [4.78, 5) is 29.0. The molecule has 0 aliphatic rings. The molecule has 1 amide bonds. The Kier molecular flexibility index (Phi) is 4.10. The van der Waals surface area contributed by atoms with Gasteiger partial charge < -0.3 is 9.15 Å². The Bertz CT molecular complexity index is 1210. The van der Waals surface area contributed by atoms with Gasteiger partial charge in [0.1, 0.15) is 11.3 Å². The lowest BCUT2D eigenvalue weighted by atomic mass is 10.2. The highest BCUT2D eigenvalue weighted by molar-refractivity contribution is 7.22. The molecule has 0 aliphatic carbocycles. The van der Waals surface area contributed by atoms with Gasteiger partial charge in [0.2, 0.25) is 0 Å². The standard InChI is InChI=1S/C18H11ClN2O4S/c1-24-10-3-4-12-16(7-10)26-18(20-12)21-17(23)15-8-13(22)11-6-9(19)2-5-14(11)25-15/h2-8H,1H3,(H,20,21,23). The fourth-order valence-corrected chi connectivity index (χ4v) is 3.55. The maximum absolute atomic E-state index is 12.4. The van der Waals surface area contributed by atoms with E-state index in [9.17, 15) is 9.59 Å². The average molecular weight is 387 g/mol. The molecule has 2 heterocycles. The van der Waals surface area contributed by atoms with Gasteiger partial charge in [0.25, 0.3) is 5.91 Å². The van der Waals surface area contributed by atoms with Crippen LogP contribution in [0.3, 0.4) is 0 Å². The molecule has 1 N–H and O–H groups in total. The van der Waals surface area contributed by atoms with Crippen molar-refractivity contribution < 1.29 is 13.9 Å². The summed E-state index contributed by atoms with van der Waals surface area (Å²) in [6, 6.07) is 11.2. The van der Waals surface area contributed by atoms with Gasteiger partial charge in [0.05, 0.1) is 22.7 Å². The molecule has 0 radical (unpaired) electrons. The summed E-state index contributed by atoms with van der Waals surface area (Å²) >= 11 is 7.18. The van der Waals surface area contributed by atoms with Crippen LogP contribution in [-0.2, 0) is 0 Å². The van der Waals surface area contributed by atoms with Gasteiger partial charge in [-0.2, -0.15) is 0 Å². The third-order valence-corrected chi connectivity index (χ3v) is 4.90. The number of hydrogen-bond acceptors (Lipinski definition) is 6. The number of thiazole rings is 1. The zero-order chi connectivity index (χ0) is 18.3. The monoisotopic (exact) mass is 386 g/mol. The predicted molar refractivity (Wildman–Crippen MR) is 102 cm³/mol. The quantitative estimate of drug-likeness (QED) is 0.567. The summed E-state index contributed by atoms with van der Waals surface area (Å²) < 4.78 is 11.6. The van der Waals surface area contributed by atoms with Gasteiger partial charge in [-0.1, -0.05) is 22.9 Å². The van der Waals surface area contributed by atoms with Crippen LogP contribution < -0.4 is 15.5 Å². The number of hydrogen-bond donors (Lipinski definition) is 1. The van der Waals surface area contributed by atoms with E-state index in [0.29, 0.717) is 26.9 Å². The van der Waals surface area contributed by atoms with E-state index in [-0.39, 0.29) is 11.2 Å². The van der Waals surface area contributed by atoms with Crippen LogP contribution in [0, 0.1) is 0 Å². The van der Waals surface area contributed by atoms with Gasteiger partial charge in [-0.15, -0.1) is 0 Å². The minimum atomic E-state index is -0.551. The van der Waals surface area contributed by atoms with Crippen molar-refractivity contribution in [1.82, 2.24) is 4.98 Å². The van der Waals surface area contributed by atoms with E-state index >= 15 is 0 Å². The molecule has 2 aromatic heterocycles. The normalized spacial score (nSPS) is 11.0. The first-order valence-corrected chi connectivity index (χ1v) is 8.72. The molecule has 4 aromatic rings. The number of amides is 1. The molecular weight excluding hydrogens is 376 g/mol. The second-order valence-corrected chi connectivity index (χ2v) is 6.89. The van der Waals surface area contributed by atoms with Gasteiger partial charge in [0, 0.05) is 11.1 Å². The summed E-state index contributed by atoms with van der Waals surface area (Å²) in [5.74, 6) is 0.0600. The predicted octanol–water partition coefficient (Wildman–Crippen LogP) is 4.32. The van der Waals surface area contributed by atoms with Gasteiger partial charge in [0.15, 0.2) is 16.3 Å². The van der Waals surface area contributed by atoms with Gasteiger partial charge >= 0.3 is 0 Å². The van der Waals surface area contributed by atoms with Crippen molar-refractivity contribution >= 4 is 55.2 Å². The SMILES string of the molecule is COc1ccc2nc(NC(=O)c3cc(=O)c4cc(Cl)ccc4o3)sc2c1. The first-order valence-electron chi connectivity index (χ1n) is 7.53. The number of anilines is 1. The summed E-state index contributed by atoms with van der Waals surface area (Å²) in [7, 11) is 1.58. The van der Waals surface area contributed by atoms with Crippen LogP contribution in [-0.4, -0.2) is 18.0 Å². The first-order chi connectivity index (χ1) is 12.5. The molecule has 26 heavy (non-hydrogen) atoms. The fourth-order valence-electron chi connectivity index (χ4n) is 2.48. The topological polar surface area (TPSA) is 81.4 Å². The highest BCUT2D eigenvalue weighted by atomic mass is 35.5. The molecule has 0 saturated carbocycles. The Morgan fingerprint density at radius 3 is 2.88 bits per heavy atom. The van der Waals surface area contributed by atoms with E-state index in [4.69, 9.17) is 20.8 Å². The fraction of sp³-hybridized carbons (Fsp3) is 0.0556. The van der Waals surface area contributed by atoms with Crippen molar-refractivity contribution in [1.29, 1.82) is 0 Å². The molecule has 0 bridgehead atoms. The summed E-state index contributed by atoms with van der Waals surface area (Å²) in [5.41, 5.74) is 0.690. The van der Waals surface area contributed by atoms with E-state index < -0.39 is 5.91 Å². The molecular formula is C18H11ClN2O4S. The second-order valence-electron chi connectivity index (χ2n) is 5.42. The van der Waals surface area contributed by atoms with Crippen LogP contribution in [0.4, 0.5) is 5.13 Å². The van der Waals surface area contributed by atoms with Crippen molar-refractivity contribution in [2.24, 2.45) is 0 Å². The van der Waals surface area contributed by atoms with Crippen LogP contribution in [0.2, 0.25) is 5.02 Å². The number of aromatic nitrogens is 1. The minimum Gasteiger partial charge on any atom is -0.497 e. The zero-order valence-corrected chi connectivity index (χ0v) is 15.0. The smallest absolute Gasteiger partial charge is 0.293 e. The molecule has 0 spiro atoms. The lowest BCUT2D eigenvalue weighted by Crippen LogP contribution is -2.14. The van der Waals surface area contributed by atoms with Crippen LogP contribution in [0.1, 0.15) is 10.6 Å². The van der Waals surface area contributed by atoms with E-state index in [0.717, 1.165) is 16.3 Å². The lowest BCUT2D eigenvalue weighted by molar-refractivity contribution is 0.0997. The highest BCUT2D eigenvalue weighted by Crippen LogP contribution is 2.29. The van der Waals surface area contributed by atoms with E-state index in [1.807, 2.05) is 6.07 Å². The number of carbonyl (C=O) groups excluding carboxylic acids is 1. The molecule has 130 valence electrons. The highest BCUT2D eigenvalue weighted by Gasteiger charge is 2.15. The van der Waals surface area contributed by atoms with Gasteiger partial charge in [-0.05, 0) is 36.4 Å². The number of rotatable bonds is 3. The maximum atomic E-state index is 12.4. The van der Waals surface area contributed by atoms with Gasteiger partial charge in [-0.25, -0.2) is 4.98 Å². The molecule has 6 nitrogen and oxygen atoms in total. The molecule has 0 aliphatic heterocycles. The van der Waals surface area contributed by atoms with E-state index in [1.165, 1.54) is 17.4 Å². The molecule has 0 fully saturated rings. The maximum Gasteiger partial charge on any atom is 0.293 e. The van der Waals surface area contributed by atoms with Crippen LogP contribution in [0.5, 0.6) is 5.75 Å². The second kappa shape index (κ2) is 6.44. The number of carbonyl (C=O) groups is 1. The van der Waals surface area contributed by atoms with E-state index in [1.54, 1.807) is 31.4 Å². The van der Waals surface area contributed by atoms with Crippen molar-refractivity contribution in [2.45, 2.75) is 0 Å². The number of nitrogens with zero attached hydrogens (tertiary/aromatic N) is 1. The number of fused-ring (bicyclic) bond motifs is 2. The Balaban J connectivity index is 1.67. The van der Waals surface area contributed by atoms with Crippen molar-refractivity contribution in [3.05, 3.63) is 63.5 Å². The molecule has 0 saturated heterocycles. The average Bonchev–Trinajstić information content (AvgIpc) is 3.03. The number of halogens is 1. The third kappa shape index (κ3) is 3.02. The molecule has 0 unspecified atom stereocenters. The largest absolute Gasteiger partial charge is 0.497 e. The number of benzene rings is 2. The Labute approximate surface area is 156 Å². The number of nitrogens with one attached hydrogen (secondary N) is 1. The van der Waals surface area contributed by atoms with Crippen molar-refractivity contribution in [3.8, 4) is 5.75 Å². The molecule has 0 atom stereocenters. The lowest BCUT2D eigenvalue weighted by Gasteiger charge is -2.03. The zero-order valence-electron chi connectivity index (χ0n) is 13.4. The third-order valence-electron chi connectivity index (χ3n) is 3.73. The first kappa shape index (κ1) is 16.6. The summed E-state index contributed by atoms with van der Waals surface area (Å²) in [5, 5.41) is 3.80. The Morgan fingerprint density at radius 1 is 1.23 bits per heavy atom. The minimum absolute atomic E-state index is 0.0957. The molecule has 8 heteroatoms. The van der Waals surface area contributed by atoms with Crippen LogP contribution >= 0.6 is 22.9 Å². The molecule has 4 rings (SSSR count). The molecule has 2 aromatic carbocycles. The Hall–Kier alpha value is -2.90. The number of ether oxygens (including phenoxy) is 1. The summed E-state index contributed by atoms with van der Waals surface area (Å²) in [6.07, 6.45) is 0. The van der Waals surface area contributed by atoms with Crippen molar-refractivity contribution in [3.63, 3.8) is 0 Å². The van der Waals surface area contributed by atoms with Crippen LogP contribution in [0.25, 0.3) is 21.2 Å². The Morgan fingerprint density at radius 2 is 2.08 bits per heavy atom. The number of methoxy groups -OCH3 is 1. The van der Waals surface area contributed by atoms with Crippen molar-refractivity contribution in [2.75, 3.05) is 12.4 Å². The van der Waals surface area contributed by atoms with E-state index in [2.05, 4.69) is 10.3 Å². The van der Waals surface area contributed by atoms with Gasteiger partial charge in [-0.3, -0.25) is 14.9 Å². The summed E-state index contributed by atoms with van der Waals surface area (Å²) in [6.45, 7) is 0. The van der Waals surface area contributed by atoms with Crippen LogP contribution in [0.15, 0.2) is 51.7 Å².